The van der Waals surface area contributed by atoms with Crippen LogP contribution >= 0.6 is 11.3 Å². The van der Waals surface area contributed by atoms with Crippen LogP contribution in [0.5, 0.6) is 0 Å². The van der Waals surface area contributed by atoms with Crippen LogP contribution in [-0.4, -0.2) is 104 Å². The summed E-state index contributed by atoms with van der Waals surface area (Å²) in [4.78, 5) is 47.1. The van der Waals surface area contributed by atoms with Crippen molar-refractivity contribution in [2.75, 3.05) is 18.0 Å². The molecule has 7 N–H and O–H groups in total. The highest BCUT2D eigenvalue weighted by Crippen LogP contribution is 2.40. The predicted molar refractivity (Wildman–Crippen MR) is 134 cm³/mol. The van der Waals surface area contributed by atoms with Crippen molar-refractivity contribution in [1.82, 2.24) is 29.6 Å². The van der Waals surface area contributed by atoms with Crippen LogP contribution in [-0.2, 0) is 51.7 Å². The summed E-state index contributed by atoms with van der Waals surface area (Å²) in [5, 5.41) is 24.4. The monoisotopic (exact) mass is 621 g/mol. The third-order valence-corrected chi connectivity index (χ3v) is 9.04. The maximum absolute atomic E-state index is 13.1. The van der Waals surface area contributed by atoms with E-state index in [-0.39, 0.29) is 46.0 Å². The molecule has 2 fully saturated rings. The molecule has 1 aliphatic carbocycles. The van der Waals surface area contributed by atoms with Crippen molar-refractivity contribution in [3.05, 3.63) is 23.0 Å². The van der Waals surface area contributed by atoms with E-state index in [9.17, 15) is 40.9 Å². The van der Waals surface area contributed by atoms with Crippen molar-refractivity contribution in [2.24, 2.45) is 10.9 Å². The zero-order chi connectivity index (χ0) is 29.5. The van der Waals surface area contributed by atoms with Crippen molar-refractivity contribution in [3.63, 3.8) is 0 Å². The van der Waals surface area contributed by atoms with Crippen molar-refractivity contribution in [2.45, 2.75) is 42.8 Å². The van der Waals surface area contributed by atoms with E-state index >= 15 is 0 Å². The average Bonchev–Trinajstić information content (AvgIpc) is 3.33. The van der Waals surface area contributed by atoms with Crippen molar-refractivity contribution in [1.29, 1.82) is 0 Å². The molecular weight excluding hydrogens is 598 g/mol. The van der Waals surface area contributed by atoms with E-state index < -0.39 is 73.6 Å². The molecule has 2 atom stereocenters. The van der Waals surface area contributed by atoms with Gasteiger partial charge in [0, 0.05) is 24.8 Å². The molecule has 19 nitrogen and oxygen atoms in total. The first-order valence-electron chi connectivity index (χ1n) is 11.3. The van der Waals surface area contributed by atoms with Gasteiger partial charge in [-0.2, -0.15) is 23.4 Å². The number of carboxylic acids is 1. The second kappa shape index (κ2) is 10.7. The zero-order valence-corrected chi connectivity index (χ0v) is 22.7. The molecule has 4 rings (SSSR count). The van der Waals surface area contributed by atoms with E-state index in [1.165, 1.54) is 5.38 Å². The Morgan fingerprint density at radius 2 is 2.00 bits per heavy atom. The molecule has 2 aliphatic rings. The van der Waals surface area contributed by atoms with Gasteiger partial charge in [0.05, 0.1) is 29.9 Å². The van der Waals surface area contributed by atoms with Crippen molar-refractivity contribution < 1.29 is 45.7 Å². The number of nitrogens with one attached hydrogen (secondary N) is 1. The summed E-state index contributed by atoms with van der Waals surface area (Å²) in [6.45, 7) is -0.589. The average molecular weight is 622 g/mol. The van der Waals surface area contributed by atoms with Crippen molar-refractivity contribution in [3.8, 4) is 0 Å². The molecule has 2 aromatic heterocycles. The normalized spacial score (nSPS) is 20.6. The first-order valence-corrected chi connectivity index (χ1v) is 15.4. The van der Waals surface area contributed by atoms with Crippen LogP contribution in [0.3, 0.4) is 0 Å². The molecule has 2 amide bonds. The van der Waals surface area contributed by atoms with Crippen LogP contribution in [0, 0.1) is 0 Å². The van der Waals surface area contributed by atoms with Crippen molar-refractivity contribution >= 4 is 60.1 Å². The number of thiazole rings is 1. The minimum atomic E-state index is -5.08. The number of nitrogens with two attached hydrogens (primary N) is 2. The van der Waals surface area contributed by atoms with Gasteiger partial charge in [0.1, 0.15) is 17.8 Å². The Hall–Kier alpha value is -3.73. The van der Waals surface area contributed by atoms with E-state index in [2.05, 4.69) is 25.7 Å². The number of β-lactam (4-membered cyclic amide) rings is 1. The molecule has 1 saturated carbocycles. The highest BCUT2D eigenvalue weighted by molar-refractivity contribution is 7.90. The van der Waals surface area contributed by atoms with Gasteiger partial charge in [0.25, 0.3) is 11.8 Å². The maximum atomic E-state index is 13.1. The number of carbonyl (C=O) groups excluding carboxylic acids is 2. The minimum Gasteiger partial charge on any atom is -0.478 e. The Labute approximate surface area is 229 Å². The largest absolute Gasteiger partial charge is 0.478 e. The lowest BCUT2D eigenvalue weighted by atomic mass is 9.98. The summed E-state index contributed by atoms with van der Waals surface area (Å²) in [6.07, 6.45) is 1.39. The fraction of sp³-hybridized carbons (Fsp3) is 0.500. The molecule has 1 aliphatic heterocycles. The standard InChI is InChI=1S/C18H23N9O10S3/c19-3-4-39(32,33)8-9-5-21-26(24-9)6-11-13(15(29)27(11)40(34,35)36)23-14(28)12(10-7-38-17(20)22-10)25-37-18(1-2-18)16(30)31/h5,7,11,13H,1-4,6,8,19H2,(H2,20,22)(H,23,28)(H,30,31)(H,34,35,36)/b25-12-. The van der Waals surface area contributed by atoms with Crippen LogP contribution in [0.4, 0.5) is 5.13 Å². The molecule has 22 heteroatoms. The number of anilines is 1. The van der Waals surface area contributed by atoms with Gasteiger partial charge in [-0.05, 0) is 0 Å². The van der Waals surface area contributed by atoms with Gasteiger partial charge in [-0.1, -0.05) is 5.16 Å². The Kier molecular flexibility index (Phi) is 7.81. The molecular formula is C18H23N9O10S3. The lowest BCUT2D eigenvalue weighted by Crippen LogP contribution is -2.73. The van der Waals surface area contributed by atoms with E-state index in [0.29, 0.717) is 0 Å². The fourth-order valence-electron chi connectivity index (χ4n) is 3.67. The molecule has 2 aromatic rings. The molecule has 3 heterocycles. The molecule has 40 heavy (non-hydrogen) atoms. The lowest BCUT2D eigenvalue weighted by molar-refractivity contribution is -0.153. The number of oxime groups is 1. The van der Waals surface area contributed by atoms with Crippen LogP contribution in [0.15, 0.2) is 16.7 Å². The Bertz CT molecular complexity index is 1580. The molecule has 1 saturated heterocycles. The number of sulfone groups is 1. The van der Waals surface area contributed by atoms with Crippen LogP contribution in [0.25, 0.3) is 0 Å². The summed E-state index contributed by atoms with van der Waals surface area (Å²) >= 11 is 0.937. The molecule has 2 unspecified atom stereocenters. The first kappa shape index (κ1) is 29.3. The zero-order valence-electron chi connectivity index (χ0n) is 20.3. The summed E-state index contributed by atoms with van der Waals surface area (Å²) in [5.41, 5.74) is 8.65. The number of nitrogens with zero attached hydrogens (tertiary/aromatic N) is 6. The molecule has 0 bridgehead atoms. The van der Waals surface area contributed by atoms with Gasteiger partial charge < -0.3 is 26.7 Å². The van der Waals surface area contributed by atoms with Crippen LogP contribution < -0.4 is 16.8 Å². The van der Waals surface area contributed by atoms with Gasteiger partial charge in [0.15, 0.2) is 20.7 Å². The first-order chi connectivity index (χ1) is 18.7. The third kappa shape index (κ3) is 6.19. The van der Waals surface area contributed by atoms with Gasteiger partial charge in [0.2, 0.25) is 5.60 Å². The minimum absolute atomic E-state index is 0.0122. The highest BCUT2D eigenvalue weighted by Gasteiger charge is 2.56. The number of carbonyl (C=O) groups is 3. The van der Waals surface area contributed by atoms with Gasteiger partial charge in [-0.25, -0.2) is 22.5 Å². The summed E-state index contributed by atoms with van der Waals surface area (Å²) in [5.74, 6) is -4.39. The number of rotatable bonds is 13. The molecule has 0 aromatic carbocycles. The van der Waals surface area contributed by atoms with Gasteiger partial charge >= 0.3 is 16.3 Å². The molecule has 218 valence electrons. The predicted octanol–water partition coefficient (Wildman–Crippen LogP) is -3.27. The van der Waals surface area contributed by atoms with E-state index in [4.69, 9.17) is 16.3 Å². The van der Waals surface area contributed by atoms with Crippen LogP contribution in [0.2, 0.25) is 0 Å². The lowest BCUT2D eigenvalue weighted by Gasteiger charge is -2.43. The molecule has 0 spiro atoms. The summed E-state index contributed by atoms with van der Waals surface area (Å²) in [6, 6.07) is -3.00. The smallest absolute Gasteiger partial charge is 0.362 e. The van der Waals surface area contributed by atoms with E-state index in [1.54, 1.807) is 0 Å². The fourth-order valence-corrected chi connectivity index (χ4v) is 6.18. The quantitative estimate of drug-likeness (QED) is 0.0634. The topological polar surface area (TPSA) is 292 Å². The SMILES string of the molecule is NCCS(=O)(=O)Cc1cnn(CC2C(NC(=O)/C(=N\OC3(C(=O)O)CC3)c3csc(N)n3)C(=O)N2S(=O)(=O)O)n1. The number of aromatic nitrogens is 4. The number of nitrogen functional groups attached to an aromatic ring is 1. The van der Waals surface area contributed by atoms with E-state index in [0.717, 1.165) is 22.3 Å². The Morgan fingerprint density at radius 1 is 1.30 bits per heavy atom. The maximum Gasteiger partial charge on any atom is 0.362 e. The highest BCUT2D eigenvalue weighted by atomic mass is 32.2. The second-order valence-corrected chi connectivity index (χ2v) is 13.2. The second-order valence-electron chi connectivity index (χ2n) is 8.80. The van der Waals surface area contributed by atoms with E-state index in [1.807, 2.05) is 0 Å². The number of carboxylic acid groups (broad SMARTS) is 1. The Morgan fingerprint density at radius 3 is 2.55 bits per heavy atom. The van der Waals surface area contributed by atoms with Gasteiger partial charge in [-0.3, -0.25) is 14.1 Å². The number of hydrogen-bond donors (Lipinski definition) is 5. The molecule has 0 radical (unpaired) electrons. The Balaban J connectivity index is 1.56. The third-order valence-electron chi connectivity index (χ3n) is 5.82. The number of aliphatic carboxylic acids is 1. The number of amides is 2. The number of hydrogen-bond acceptors (Lipinski definition) is 15. The van der Waals surface area contributed by atoms with Crippen LogP contribution in [0.1, 0.15) is 24.2 Å². The summed E-state index contributed by atoms with van der Waals surface area (Å²) in [7, 11) is -8.66. The summed E-state index contributed by atoms with van der Waals surface area (Å²) < 4.78 is 57.3. The van der Waals surface area contributed by atoms with Gasteiger partial charge in [-0.15, -0.1) is 11.3 Å².